The second-order valence-corrected chi connectivity index (χ2v) is 4.50. The molecule has 0 fully saturated rings. The molecule has 4 nitrogen and oxygen atoms in total. The molecular weight excluding hydrogens is 272 g/mol. The van der Waals surface area contributed by atoms with Crippen LogP contribution in [-0.4, -0.2) is 14.2 Å². The molecular formula is C11H11BrN2O2. The standard InChI is InChI=1S/C11H11BrN2O2/c1-7-5-8(3-4-9(7)12)14-10(15)6-13(2)11(14)16/h3-6,15H,1-2H3. The molecule has 5 heteroatoms. The number of aryl methyl sites for hydroxylation is 2. The third kappa shape index (κ3) is 1.67. The molecule has 0 bridgehead atoms. The van der Waals surface area contributed by atoms with Gasteiger partial charge in [0.25, 0.3) is 0 Å². The van der Waals surface area contributed by atoms with Crippen LogP contribution in [0, 0.1) is 6.92 Å². The second-order valence-electron chi connectivity index (χ2n) is 3.65. The normalized spacial score (nSPS) is 10.7. The van der Waals surface area contributed by atoms with Crippen molar-refractivity contribution in [2.45, 2.75) is 6.92 Å². The van der Waals surface area contributed by atoms with E-state index in [1.54, 1.807) is 13.1 Å². The maximum absolute atomic E-state index is 11.7. The lowest BCUT2D eigenvalue weighted by atomic mass is 10.2. The molecule has 0 radical (unpaired) electrons. The Morgan fingerprint density at radius 3 is 2.56 bits per heavy atom. The number of aromatic nitrogens is 2. The number of rotatable bonds is 1. The summed E-state index contributed by atoms with van der Waals surface area (Å²) in [6, 6.07) is 5.47. The van der Waals surface area contributed by atoms with Gasteiger partial charge in [-0.25, -0.2) is 9.36 Å². The molecule has 1 aromatic heterocycles. The van der Waals surface area contributed by atoms with E-state index >= 15 is 0 Å². The van der Waals surface area contributed by atoms with E-state index in [4.69, 9.17) is 0 Å². The van der Waals surface area contributed by atoms with Crippen LogP contribution >= 0.6 is 15.9 Å². The van der Waals surface area contributed by atoms with Crippen molar-refractivity contribution in [3.05, 3.63) is 44.9 Å². The Labute approximate surface area is 101 Å². The first-order valence-electron chi connectivity index (χ1n) is 4.74. The Kier molecular flexibility index (Phi) is 2.63. The molecule has 1 heterocycles. The molecule has 0 aliphatic carbocycles. The topological polar surface area (TPSA) is 47.2 Å². The van der Waals surface area contributed by atoms with Crippen LogP contribution in [0.2, 0.25) is 0 Å². The van der Waals surface area contributed by atoms with Crippen LogP contribution in [0.25, 0.3) is 5.69 Å². The molecule has 0 amide bonds. The van der Waals surface area contributed by atoms with Gasteiger partial charge in [0.15, 0.2) is 0 Å². The molecule has 0 aliphatic heterocycles. The average Bonchev–Trinajstić information content (AvgIpc) is 2.47. The first kappa shape index (κ1) is 11.0. The maximum atomic E-state index is 11.7. The number of aromatic hydroxyl groups is 1. The molecule has 0 saturated heterocycles. The number of halogens is 1. The first-order valence-corrected chi connectivity index (χ1v) is 5.54. The van der Waals surface area contributed by atoms with Crippen molar-refractivity contribution in [3.63, 3.8) is 0 Å². The van der Waals surface area contributed by atoms with E-state index in [-0.39, 0.29) is 11.6 Å². The third-order valence-corrected chi connectivity index (χ3v) is 3.32. The van der Waals surface area contributed by atoms with Crippen LogP contribution < -0.4 is 5.69 Å². The monoisotopic (exact) mass is 282 g/mol. The summed E-state index contributed by atoms with van der Waals surface area (Å²) in [5, 5.41) is 9.66. The van der Waals surface area contributed by atoms with E-state index in [0.717, 1.165) is 10.0 Å². The molecule has 0 saturated carbocycles. The highest BCUT2D eigenvalue weighted by molar-refractivity contribution is 9.10. The Balaban J connectivity index is 2.68. The van der Waals surface area contributed by atoms with Gasteiger partial charge in [-0.1, -0.05) is 15.9 Å². The predicted octanol–water partition coefficient (Wildman–Crippen LogP) is 1.95. The lowest BCUT2D eigenvalue weighted by Gasteiger charge is -2.05. The Bertz CT molecular complexity index is 599. The van der Waals surface area contributed by atoms with E-state index < -0.39 is 0 Å². The molecule has 0 atom stereocenters. The van der Waals surface area contributed by atoms with Crippen LogP contribution in [0.3, 0.4) is 0 Å². The lowest BCUT2D eigenvalue weighted by molar-refractivity contribution is 0.441. The van der Waals surface area contributed by atoms with Gasteiger partial charge in [0.2, 0.25) is 5.88 Å². The molecule has 2 aromatic rings. The number of benzene rings is 1. The average molecular weight is 283 g/mol. The summed E-state index contributed by atoms with van der Waals surface area (Å²) in [7, 11) is 1.60. The fourth-order valence-corrected chi connectivity index (χ4v) is 1.80. The summed E-state index contributed by atoms with van der Waals surface area (Å²) >= 11 is 3.39. The van der Waals surface area contributed by atoms with Gasteiger partial charge in [0.05, 0.1) is 11.9 Å². The molecule has 16 heavy (non-hydrogen) atoms. The van der Waals surface area contributed by atoms with Gasteiger partial charge < -0.3 is 5.11 Å². The Morgan fingerprint density at radius 1 is 1.38 bits per heavy atom. The zero-order valence-electron chi connectivity index (χ0n) is 8.94. The van der Waals surface area contributed by atoms with Gasteiger partial charge in [0, 0.05) is 11.5 Å². The van der Waals surface area contributed by atoms with Gasteiger partial charge in [-0.2, -0.15) is 0 Å². The number of nitrogens with zero attached hydrogens (tertiary/aromatic N) is 2. The van der Waals surface area contributed by atoms with E-state index in [1.165, 1.54) is 15.3 Å². The van der Waals surface area contributed by atoms with Crippen LogP contribution in [0.4, 0.5) is 0 Å². The molecule has 0 aliphatic rings. The second kappa shape index (κ2) is 3.83. The largest absolute Gasteiger partial charge is 0.493 e. The highest BCUT2D eigenvalue weighted by Crippen LogP contribution is 2.21. The minimum Gasteiger partial charge on any atom is -0.493 e. The van der Waals surface area contributed by atoms with Gasteiger partial charge >= 0.3 is 5.69 Å². The maximum Gasteiger partial charge on any atom is 0.335 e. The summed E-state index contributed by atoms with van der Waals surface area (Å²) in [6.45, 7) is 1.93. The van der Waals surface area contributed by atoms with Crippen LogP contribution in [-0.2, 0) is 7.05 Å². The number of hydrogen-bond acceptors (Lipinski definition) is 2. The van der Waals surface area contributed by atoms with Crippen LogP contribution in [0.15, 0.2) is 33.7 Å². The van der Waals surface area contributed by atoms with Gasteiger partial charge in [-0.3, -0.25) is 4.57 Å². The summed E-state index contributed by atoms with van der Waals surface area (Å²) in [6.07, 6.45) is 1.39. The minimum atomic E-state index is -0.265. The fourth-order valence-electron chi connectivity index (χ4n) is 1.55. The van der Waals surface area contributed by atoms with E-state index in [9.17, 15) is 9.90 Å². The molecule has 1 N–H and O–H groups in total. The molecule has 84 valence electrons. The zero-order chi connectivity index (χ0) is 11.9. The van der Waals surface area contributed by atoms with Crippen molar-refractivity contribution in [3.8, 4) is 11.6 Å². The molecule has 0 spiro atoms. The Hall–Kier alpha value is -1.49. The highest BCUT2D eigenvalue weighted by Gasteiger charge is 2.10. The fraction of sp³-hybridized carbons (Fsp3) is 0.182. The molecule has 2 rings (SSSR count). The minimum absolute atomic E-state index is 0.0609. The van der Waals surface area contributed by atoms with Crippen LogP contribution in [0.5, 0.6) is 5.88 Å². The Morgan fingerprint density at radius 2 is 2.06 bits per heavy atom. The van der Waals surface area contributed by atoms with Crippen molar-refractivity contribution in [1.29, 1.82) is 0 Å². The van der Waals surface area contributed by atoms with Crippen molar-refractivity contribution >= 4 is 15.9 Å². The predicted molar refractivity (Wildman–Crippen MR) is 65.1 cm³/mol. The van der Waals surface area contributed by atoms with Crippen molar-refractivity contribution in [2.24, 2.45) is 7.05 Å². The van der Waals surface area contributed by atoms with Gasteiger partial charge in [-0.05, 0) is 30.7 Å². The first-order chi connectivity index (χ1) is 7.50. The smallest absolute Gasteiger partial charge is 0.335 e. The summed E-state index contributed by atoms with van der Waals surface area (Å²) in [4.78, 5) is 11.7. The quantitative estimate of drug-likeness (QED) is 0.869. The van der Waals surface area contributed by atoms with Crippen molar-refractivity contribution < 1.29 is 5.11 Å². The van der Waals surface area contributed by atoms with Crippen LogP contribution in [0.1, 0.15) is 5.56 Å². The van der Waals surface area contributed by atoms with Gasteiger partial charge in [0.1, 0.15) is 0 Å². The van der Waals surface area contributed by atoms with Gasteiger partial charge in [-0.15, -0.1) is 0 Å². The SMILES string of the molecule is Cc1cc(-n2c(O)cn(C)c2=O)ccc1Br. The third-order valence-electron chi connectivity index (χ3n) is 2.43. The summed E-state index contributed by atoms with van der Waals surface area (Å²) in [5.41, 5.74) is 1.40. The highest BCUT2D eigenvalue weighted by atomic mass is 79.9. The number of hydrogen-bond donors (Lipinski definition) is 1. The van der Waals surface area contributed by atoms with E-state index in [1.807, 2.05) is 19.1 Å². The van der Waals surface area contributed by atoms with Crippen molar-refractivity contribution in [1.82, 2.24) is 9.13 Å². The summed E-state index contributed by atoms with van der Waals surface area (Å²) < 4.78 is 3.58. The molecule has 0 unspecified atom stereocenters. The summed E-state index contributed by atoms with van der Waals surface area (Å²) in [5.74, 6) is -0.0609. The molecule has 1 aromatic carbocycles. The van der Waals surface area contributed by atoms with E-state index in [0.29, 0.717) is 5.69 Å². The van der Waals surface area contributed by atoms with Crippen molar-refractivity contribution in [2.75, 3.05) is 0 Å². The zero-order valence-corrected chi connectivity index (χ0v) is 10.5. The van der Waals surface area contributed by atoms with E-state index in [2.05, 4.69) is 15.9 Å². The lowest BCUT2D eigenvalue weighted by Crippen LogP contribution is -2.20. The number of imidazole rings is 1.